The summed E-state index contributed by atoms with van der Waals surface area (Å²) in [5.74, 6) is -0.597. The van der Waals surface area contributed by atoms with E-state index in [1.165, 1.54) is 0 Å². The number of hydrogen-bond donors (Lipinski definition) is 4. The van der Waals surface area contributed by atoms with E-state index in [-0.39, 0.29) is 25.8 Å². The van der Waals surface area contributed by atoms with Gasteiger partial charge < -0.3 is 25.6 Å². The first-order valence-corrected chi connectivity index (χ1v) is 7.80. The molecule has 0 aliphatic heterocycles. The number of rotatable bonds is 8. The smallest absolute Gasteiger partial charge is 0.407 e. The van der Waals surface area contributed by atoms with Gasteiger partial charge in [0.2, 0.25) is 5.91 Å². The predicted molar refractivity (Wildman–Crippen MR) is 89.1 cm³/mol. The Kier molecular flexibility index (Phi) is 7.67. The maximum absolute atomic E-state index is 11.8. The largest absolute Gasteiger partial charge is 0.445 e. The Labute approximate surface area is 142 Å². The van der Waals surface area contributed by atoms with E-state index in [4.69, 9.17) is 9.84 Å². The van der Waals surface area contributed by atoms with Gasteiger partial charge in [0.15, 0.2) is 0 Å². The summed E-state index contributed by atoms with van der Waals surface area (Å²) in [6.45, 7) is 4.85. The van der Waals surface area contributed by atoms with E-state index in [9.17, 15) is 14.7 Å². The van der Waals surface area contributed by atoms with E-state index in [1.54, 1.807) is 20.8 Å². The molecule has 1 aromatic carbocycles. The summed E-state index contributed by atoms with van der Waals surface area (Å²) in [6, 6.07) is 8.91. The van der Waals surface area contributed by atoms with Crippen LogP contribution >= 0.6 is 0 Å². The zero-order valence-corrected chi connectivity index (χ0v) is 14.3. The van der Waals surface area contributed by atoms with Crippen molar-refractivity contribution in [3.05, 3.63) is 35.9 Å². The van der Waals surface area contributed by atoms with Crippen LogP contribution in [-0.4, -0.2) is 47.5 Å². The third-order valence-electron chi connectivity index (χ3n) is 3.56. The molecule has 0 heterocycles. The minimum Gasteiger partial charge on any atom is -0.445 e. The first kappa shape index (κ1) is 19.9. The van der Waals surface area contributed by atoms with Crippen molar-refractivity contribution in [3.63, 3.8) is 0 Å². The summed E-state index contributed by atoms with van der Waals surface area (Å²) in [5, 5.41) is 24.1. The van der Waals surface area contributed by atoms with E-state index in [0.29, 0.717) is 0 Å². The van der Waals surface area contributed by atoms with Crippen LogP contribution in [0.25, 0.3) is 0 Å². The minimum atomic E-state index is -1.33. The highest BCUT2D eigenvalue weighted by molar-refractivity contribution is 5.81. The highest BCUT2D eigenvalue weighted by Gasteiger charge is 2.32. The molecule has 2 amide bonds. The van der Waals surface area contributed by atoms with Crippen LogP contribution in [0.2, 0.25) is 0 Å². The fourth-order valence-corrected chi connectivity index (χ4v) is 1.81. The van der Waals surface area contributed by atoms with Gasteiger partial charge in [0.05, 0.1) is 6.61 Å². The lowest BCUT2D eigenvalue weighted by atomic mass is 9.87. The number of alkyl carbamates (subject to hydrolysis) is 1. The highest BCUT2D eigenvalue weighted by Crippen LogP contribution is 2.19. The number of hydrogen-bond acceptors (Lipinski definition) is 5. The summed E-state index contributed by atoms with van der Waals surface area (Å²) in [5.41, 5.74) is -0.0574. The van der Waals surface area contributed by atoms with Crippen molar-refractivity contribution in [1.29, 1.82) is 0 Å². The van der Waals surface area contributed by atoms with Gasteiger partial charge in [0, 0.05) is 18.0 Å². The first-order chi connectivity index (χ1) is 11.3. The zero-order valence-electron chi connectivity index (χ0n) is 14.3. The molecule has 0 saturated heterocycles. The van der Waals surface area contributed by atoms with E-state index < -0.39 is 23.5 Å². The third-order valence-corrected chi connectivity index (χ3v) is 3.56. The molecule has 1 aromatic rings. The van der Waals surface area contributed by atoms with Crippen molar-refractivity contribution >= 4 is 12.0 Å². The molecule has 0 fully saturated rings. The standard InChI is InChI=1S/C17H26N2O5/c1-12(9-18-15(22)14(21)17(2,3)11-20)19-16(23)24-10-13-7-5-4-6-8-13/h4-8,12,14,20-21H,9-11H2,1-3H3,(H,18,22)(H,19,23)/t12?,14-/m1/s1. The van der Waals surface area contributed by atoms with E-state index in [2.05, 4.69) is 10.6 Å². The van der Waals surface area contributed by atoms with Gasteiger partial charge in [-0.3, -0.25) is 4.79 Å². The molecule has 0 aliphatic rings. The summed E-state index contributed by atoms with van der Waals surface area (Å²) in [7, 11) is 0. The van der Waals surface area contributed by atoms with Gasteiger partial charge in [-0.25, -0.2) is 4.79 Å². The summed E-state index contributed by atoms with van der Waals surface area (Å²) >= 11 is 0. The molecule has 24 heavy (non-hydrogen) atoms. The van der Waals surface area contributed by atoms with Gasteiger partial charge >= 0.3 is 6.09 Å². The Balaban J connectivity index is 2.31. The van der Waals surface area contributed by atoms with E-state index in [1.807, 2.05) is 30.3 Å². The molecule has 1 rings (SSSR count). The lowest BCUT2D eigenvalue weighted by molar-refractivity contribution is -0.137. The molecule has 2 atom stereocenters. The first-order valence-electron chi connectivity index (χ1n) is 7.80. The van der Waals surface area contributed by atoms with Crippen LogP contribution in [0.15, 0.2) is 30.3 Å². The zero-order chi connectivity index (χ0) is 18.2. The molecule has 0 aliphatic carbocycles. The van der Waals surface area contributed by atoms with Gasteiger partial charge in [-0.05, 0) is 12.5 Å². The van der Waals surface area contributed by atoms with Crippen molar-refractivity contribution in [2.45, 2.75) is 39.5 Å². The van der Waals surface area contributed by atoms with Gasteiger partial charge in [0.1, 0.15) is 12.7 Å². The summed E-state index contributed by atoms with van der Waals surface area (Å²) in [4.78, 5) is 23.5. The molecule has 7 heteroatoms. The molecule has 0 aromatic heterocycles. The number of benzene rings is 1. The lowest BCUT2D eigenvalue weighted by Gasteiger charge is -2.27. The molecule has 0 saturated carbocycles. The fourth-order valence-electron chi connectivity index (χ4n) is 1.81. The van der Waals surface area contributed by atoms with E-state index in [0.717, 1.165) is 5.56 Å². The van der Waals surface area contributed by atoms with Crippen LogP contribution in [0.1, 0.15) is 26.3 Å². The van der Waals surface area contributed by atoms with Gasteiger partial charge in [-0.2, -0.15) is 0 Å². The quantitative estimate of drug-likeness (QED) is 0.561. The normalized spacial score (nSPS) is 13.7. The number of aliphatic hydroxyl groups excluding tert-OH is 2. The number of amides is 2. The summed E-state index contributed by atoms with van der Waals surface area (Å²) in [6.07, 6.45) is -1.92. The molecular formula is C17H26N2O5. The van der Waals surface area contributed by atoms with Crippen molar-refractivity contribution < 1.29 is 24.5 Å². The van der Waals surface area contributed by atoms with Crippen molar-refractivity contribution in [3.8, 4) is 0 Å². The maximum atomic E-state index is 11.8. The number of carbonyl (C=O) groups is 2. The molecular weight excluding hydrogens is 312 g/mol. The molecule has 7 nitrogen and oxygen atoms in total. The Morgan fingerprint density at radius 2 is 1.88 bits per heavy atom. The molecule has 134 valence electrons. The maximum Gasteiger partial charge on any atom is 0.407 e. The van der Waals surface area contributed by atoms with Crippen LogP contribution in [-0.2, 0) is 16.1 Å². The number of ether oxygens (including phenoxy) is 1. The second-order valence-corrected chi connectivity index (χ2v) is 6.40. The SMILES string of the molecule is CC(CNC(=O)[C@@H](O)C(C)(C)CO)NC(=O)OCc1ccccc1. The number of nitrogens with one attached hydrogen (secondary N) is 2. The Morgan fingerprint density at radius 1 is 1.25 bits per heavy atom. The second kappa shape index (κ2) is 9.24. The van der Waals surface area contributed by atoms with Crippen LogP contribution in [0.4, 0.5) is 4.79 Å². The average molecular weight is 338 g/mol. The molecule has 1 unspecified atom stereocenters. The minimum absolute atomic E-state index is 0.137. The summed E-state index contributed by atoms with van der Waals surface area (Å²) < 4.78 is 5.08. The molecule has 4 N–H and O–H groups in total. The van der Waals surface area contributed by atoms with Crippen LogP contribution in [0.3, 0.4) is 0 Å². The van der Waals surface area contributed by atoms with Gasteiger partial charge in [-0.1, -0.05) is 44.2 Å². The molecule has 0 bridgehead atoms. The average Bonchev–Trinajstić information content (AvgIpc) is 2.58. The predicted octanol–water partition coefficient (Wildman–Crippen LogP) is 0.797. The van der Waals surface area contributed by atoms with E-state index >= 15 is 0 Å². The number of aliphatic hydroxyl groups is 2. The van der Waals surface area contributed by atoms with Crippen LogP contribution < -0.4 is 10.6 Å². The Bertz CT molecular complexity index is 533. The van der Waals surface area contributed by atoms with Crippen molar-refractivity contribution in [1.82, 2.24) is 10.6 Å². The Hall–Kier alpha value is -2.12. The highest BCUT2D eigenvalue weighted by atomic mass is 16.5. The Morgan fingerprint density at radius 3 is 2.46 bits per heavy atom. The van der Waals surface area contributed by atoms with Crippen molar-refractivity contribution in [2.24, 2.45) is 5.41 Å². The van der Waals surface area contributed by atoms with Gasteiger partial charge in [0.25, 0.3) is 0 Å². The van der Waals surface area contributed by atoms with Gasteiger partial charge in [-0.15, -0.1) is 0 Å². The topological polar surface area (TPSA) is 108 Å². The monoisotopic (exact) mass is 338 g/mol. The van der Waals surface area contributed by atoms with Crippen LogP contribution in [0, 0.1) is 5.41 Å². The second-order valence-electron chi connectivity index (χ2n) is 6.40. The van der Waals surface area contributed by atoms with Crippen LogP contribution in [0.5, 0.6) is 0 Å². The third kappa shape index (κ3) is 6.55. The lowest BCUT2D eigenvalue weighted by Crippen LogP contribution is -2.49. The molecule has 0 radical (unpaired) electrons. The molecule has 0 spiro atoms. The van der Waals surface area contributed by atoms with Crippen molar-refractivity contribution in [2.75, 3.05) is 13.2 Å². The number of carbonyl (C=O) groups excluding carboxylic acids is 2. The fraction of sp³-hybridized carbons (Fsp3) is 0.529.